The van der Waals surface area contributed by atoms with Crippen LogP contribution in [0.2, 0.25) is 0 Å². The van der Waals surface area contributed by atoms with Crippen molar-refractivity contribution in [3.63, 3.8) is 0 Å². The van der Waals surface area contributed by atoms with Gasteiger partial charge in [0.25, 0.3) is 11.8 Å². The molecule has 2 aliphatic heterocycles. The molecule has 3 heterocycles. The van der Waals surface area contributed by atoms with Crippen LogP contribution < -0.4 is 14.5 Å². The summed E-state index contributed by atoms with van der Waals surface area (Å²) >= 11 is 17.7. The molecule has 6 unspecified atom stereocenters. The molecule has 1 aromatic heterocycles. The zero-order chi connectivity index (χ0) is 41.3. The smallest absolute Gasteiger partial charge is 0.258 e. The molecule has 0 bridgehead atoms. The average Bonchev–Trinajstić information content (AvgIpc) is 3.80. The second-order valence-corrected chi connectivity index (χ2v) is 16.4. The lowest BCUT2D eigenvalue weighted by Crippen LogP contribution is -2.60. The van der Waals surface area contributed by atoms with Crippen LogP contribution in [-0.2, 0) is 19.2 Å². The lowest BCUT2D eigenvalue weighted by atomic mass is 9.56. The number of para-hydroxylation sites is 2. The van der Waals surface area contributed by atoms with Gasteiger partial charge in [-0.05, 0) is 67.3 Å². The largest absolute Gasteiger partial charge is 0.504 e. The number of hydrogen-bond donors (Lipinski definition) is 1. The first-order valence-electron chi connectivity index (χ1n) is 17.4. The maximum absolute atomic E-state index is 15.4. The standard InChI is InChI=1S/C40H23BrCl2F5N3O7/c1-57-24-13-16(41)12-20(33(24)52)26-18-10-11-19-25(36(54)50(35(19)53)17-8-6-15(7-9-17)34-49-22-4-2-3-5-23(22)58-34)21(18)14-39(42)37(55)51(38(56)40(26,39)43)32-30(47)28(45)27(44)29(46)31(32)48/h2-10,12-13,19,21,25-26,52H,11,14H2,1H3. The van der Waals surface area contributed by atoms with Gasteiger partial charge in [-0.1, -0.05) is 39.7 Å². The highest BCUT2D eigenvalue weighted by atomic mass is 79.9. The molecule has 18 heteroatoms. The molecule has 1 saturated carbocycles. The summed E-state index contributed by atoms with van der Waals surface area (Å²) in [5.74, 6) is -22.8. The molecule has 4 aliphatic rings. The van der Waals surface area contributed by atoms with Crippen LogP contribution in [0.5, 0.6) is 11.5 Å². The first-order valence-corrected chi connectivity index (χ1v) is 19.0. The van der Waals surface area contributed by atoms with E-state index in [2.05, 4.69) is 20.9 Å². The van der Waals surface area contributed by atoms with Crippen LogP contribution in [0.1, 0.15) is 24.3 Å². The summed E-state index contributed by atoms with van der Waals surface area (Å²) in [6, 6.07) is 16.1. The van der Waals surface area contributed by atoms with Crippen molar-refractivity contribution >= 4 is 85.2 Å². The molecule has 5 aromatic rings. The zero-order valence-electron chi connectivity index (χ0n) is 29.3. The van der Waals surface area contributed by atoms with Gasteiger partial charge in [-0.25, -0.2) is 31.8 Å². The number of alkyl halides is 2. The molecule has 4 aromatic carbocycles. The third kappa shape index (κ3) is 4.97. The number of ether oxygens (including phenoxy) is 1. The minimum atomic E-state index is -2.84. The van der Waals surface area contributed by atoms with E-state index in [-0.39, 0.29) is 38.4 Å². The highest BCUT2D eigenvalue weighted by Gasteiger charge is 2.77. The lowest BCUT2D eigenvalue weighted by Gasteiger charge is -2.50. The first kappa shape index (κ1) is 38.2. The Morgan fingerprint density at radius 2 is 1.52 bits per heavy atom. The predicted molar refractivity (Wildman–Crippen MR) is 201 cm³/mol. The molecule has 0 spiro atoms. The zero-order valence-corrected chi connectivity index (χ0v) is 32.4. The second-order valence-electron chi connectivity index (χ2n) is 14.3. The summed E-state index contributed by atoms with van der Waals surface area (Å²) in [5.41, 5.74) is -0.0630. The van der Waals surface area contributed by atoms with Gasteiger partial charge in [0.1, 0.15) is 11.2 Å². The Labute approximate surface area is 341 Å². The molecular weight excluding hydrogens is 880 g/mol. The Balaban J connectivity index is 1.17. The van der Waals surface area contributed by atoms with Crippen molar-refractivity contribution in [1.29, 1.82) is 0 Å². The maximum Gasteiger partial charge on any atom is 0.258 e. The summed E-state index contributed by atoms with van der Waals surface area (Å²) in [7, 11) is 1.22. The molecule has 2 aliphatic carbocycles. The van der Waals surface area contributed by atoms with Crippen molar-refractivity contribution < 1.29 is 55.4 Å². The van der Waals surface area contributed by atoms with E-state index in [1.54, 1.807) is 36.4 Å². The van der Waals surface area contributed by atoms with Crippen LogP contribution in [0.4, 0.5) is 33.3 Å². The monoisotopic (exact) mass is 901 g/mol. The summed E-state index contributed by atoms with van der Waals surface area (Å²) in [5, 5.41) is 11.5. The topological polar surface area (TPSA) is 130 Å². The van der Waals surface area contributed by atoms with Crippen LogP contribution in [0, 0.1) is 46.8 Å². The van der Waals surface area contributed by atoms with Crippen LogP contribution in [0.25, 0.3) is 22.6 Å². The number of nitrogens with zero attached hydrogens (tertiary/aromatic N) is 3. The van der Waals surface area contributed by atoms with Gasteiger partial charge in [0.15, 0.2) is 50.1 Å². The number of carbonyl (C=O) groups is 4. The third-order valence-electron chi connectivity index (χ3n) is 11.5. The fraction of sp³-hybridized carbons (Fsp3) is 0.225. The number of fused-ring (bicyclic) bond motifs is 5. The quantitative estimate of drug-likeness (QED) is 0.0465. The normalized spacial score (nSPS) is 26.6. The molecule has 4 amide bonds. The van der Waals surface area contributed by atoms with Crippen LogP contribution in [0.3, 0.4) is 0 Å². The van der Waals surface area contributed by atoms with Crippen LogP contribution >= 0.6 is 39.1 Å². The summed E-state index contributed by atoms with van der Waals surface area (Å²) in [4.78, 5) is 57.3. The van der Waals surface area contributed by atoms with Crippen molar-refractivity contribution in [2.45, 2.75) is 28.5 Å². The Hall–Kier alpha value is -5.32. The molecule has 6 atom stereocenters. The predicted octanol–water partition coefficient (Wildman–Crippen LogP) is 8.44. The number of methoxy groups -OCH3 is 1. The van der Waals surface area contributed by atoms with Crippen LogP contribution in [-0.4, -0.2) is 50.6 Å². The van der Waals surface area contributed by atoms with Gasteiger partial charge in [-0.2, -0.15) is 0 Å². The minimum absolute atomic E-state index is 0.104. The van der Waals surface area contributed by atoms with Gasteiger partial charge in [-0.15, -0.1) is 23.2 Å². The number of phenolic OH excluding ortho intramolecular Hbond substituents is 1. The van der Waals surface area contributed by atoms with Crippen molar-refractivity contribution in [2.75, 3.05) is 16.9 Å². The molecular formula is C40H23BrCl2F5N3O7. The highest BCUT2D eigenvalue weighted by molar-refractivity contribution is 9.10. The Bertz CT molecular complexity index is 2670. The number of halogens is 8. The van der Waals surface area contributed by atoms with Gasteiger partial charge in [-0.3, -0.25) is 24.1 Å². The molecule has 9 rings (SSSR count). The van der Waals surface area contributed by atoms with E-state index in [0.29, 0.717) is 22.6 Å². The molecule has 3 fully saturated rings. The fourth-order valence-electron chi connectivity index (χ4n) is 8.89. The fourth-order valence-corrected chi connectivity index (χ4v) is 10.3. The van der Waals surface area contributed by atoms with Gasteiger partial charge < -0.3 is 14.3 Å². The van der Waals surface area contributed by atoms with Gasteiger partial charge in [0.05, 0.1) is 24.6 Å². The molecule has 0 radical (unpaired) electrons. The number of rotatable bonds is 5. The van der Waals surface area contributed by atoms with E-state index in [4.69, 9.17) is 32.4 Å². The molecule has 1 N–H and O–H groups in total. The van der Waals surface area contributed by atoms with Crippen molar-refractivity contribution in [3.8, 4) is 23.0 Å². The van der Waals surface area contributed by atoms with Crippen molar-refractivity contribution in [1.82, 2.24) is 4.98 Å². The van der Waals surface area contributed by atoms with Crippen LogP contribution in [0.15, 0.2) is 81.2 Å². The number of imide groups is 2. The number of oxazole rings is 1. The van der Waals surface area contributed by atoms with E-state index in [0.717, 1.165) is 4.90 Å². The number of allylic oxidation sites excluding steroid dienone is 2. The number of benzene rings is 4. The Morgan fingerprint density at radius 3 is 2.17 bits per heavy atom. The number of phenols is 1. The average molecular weight is 903 g/mol. The second kappa shape index (κ2) is 13.1. The third-order valence-corrected chi connectivity index (χ3v) is 13.4. The molecule has 2 saturated heterocycles. The van der Waals surface area contributed by atoms with E-state index in [1.807, 2.05) is 0 Å². The van der Waals surface area contributed by atoms with Gasteiger partial charge in [0.2, 0.25) is 23.5 Å². The Kier molecular flexibility index (Phi) is 8.63. The van der Waals surface area contributed by atoms with Gasteiger partial charge in [0, 0.05) is 21.5 Å². The summed E-state index contributed by atoms with van der Waals surface area (Å²) < 4.78 is 85.5. The first-order chi connectivity index (χ1) is 27.5. The van der Waals surface area contributed by atoms with E-state index in [1.165, 1.54) is 37.5 Å². The van der Waals surface area contributed by atoms with E-state index < -0.39 is 104 Å². The summed E-state index contributed by atoms with van der Waals surface area (Å²) in [6.07, 6.45) is 0.702. The molecule has 58 heavy (non-hydrogen) atoms. The number of aromatic hydroxyl groups is 1. The number of amides is 4. The van der Waals surface area contributed by atoms with E-state index in [9.17, 15) is 37.5 Å². The number of aromatic nitrogens is 1. The lowest BCUT2D eigenvalue weighted by molar-refractivity contribution is -0.125. The number of hydrogen-bond acceptors (Lipinski definition) is 8. The summed E-state index contributed by atoms with van der Waals surface area (Å²) in [6.45, 7) is 0. The SMILES string of the molecule is COc1cc(Br)cc(C2C3=CCC4C(=O)N(c5ccc(-c6nc7ccccc7o6)cc5)C(=O)C4C3CC3(Cl)C(=O)N(c4c(F)c(F)c(F)c(F)c4F)C(=O)C23Cl)c1O. The highest BCUT2D eigenvalue weighted by Crippen LogP contribution is 2.67. The Morgan fingerprint density at radius 1 is 0.862 bits per heavy atom. The van der Waals surface area contributed by atoms with Crippen molar-refractivity contribution in [3.05, 3.63) is 111 Å². The molecule has 296 valence electrons. The van der Waals surface area contributed by atoms with Gasteiger partial charge >= 0.3 is 0 Å². The molecule has 10 nitrogen and oxygen atoms in total. The van der Waals surface area contributed by atoms with Crippen molar-refractivity contribution in [2.24, 2.45) is 17.8 Å². The maximum atomic E-state index is 15.4. The minimum Gasteiger partial charge on any atom is -0.504 e. The number of anilines is 2. The van der Waals surface area contributed by atoms with E-state index >= 15 is 8.78 Å². The number of carbonyl (C=O) groups excluding carboxylic acids is 4.